The van der Waals surface area contributed by atoms with Crippen LogP contribution in [0.15, 0.2) is 24.3 Å². The molecule has 6 rings (SSSR count). The standard InChI is InChI=1S/C21H23NO4/c1-25-15-5-4-13-10-16-21(24)7-6-14(23)19-20(21,17(13)18(15)26-19)8-9-22(16)11-12-2-3-12/h4-7,12,16,19,24H,2-3,8-11H2,1H3/t16-,19?,20+,21-/m1/s1. The zero-order valence-electron chi connectivity index (χ0n) is 14.9. The van der Waals surface area contributed by atoms with E-state index < -0.39 is 17.1 Å². The lowest BCUT2D eigenvalue weighted by atomic mass is 9.51. The second-order valence-electron chi connectivity index (χ2n) is 8.57. The Bertz CT molecular complexity index is 860. The van der Waals surface area contributed by atoms with Gasteiger partial charge in [-0.1, -0.05) is 6.07 Å². The number of rotatable bonds is 3. The van der Waals surface area contributed by atoms with Gasteiger partial charge in [-0.2, -0.15) is 0 Å². The summed E-state index contributed by atoms with van der Waals surface area (Å²) in [6, 6.07) is 4.03. The molecule has 0 aromatic heterocycles. The first-order chi connectivity index (χ1) is 12.6. The van der Waals surface area contributed by atoms with Gasteiger partial charge in [0, 0.05) is 18.2 Å². The lowest BCUT2D eigenvalue weighted by Crippen LogP contribution is -2.75. The van der Waals surface area contributed by atoms with Crippen molar-refractivity contribution in [2.75, 3.05) is 20.2 Å². The van der Waals surface area contributed by atoms with E-state index >= 15 is 0 Å². The number of hydrogen-bond acceptors (Lipinski definition) is 5. The molecule has 5 heteroatoms. The van der Waals surface area contributed by atoms with E-state index in [-0.39, 0.29) is 11.8 Å². The van der Waals surface area contributed by atoms with Crippen LogP contribution in [-0.2, 0) is 16.6 Å². The molecular formula is C21H23NO4. The van der Waals surface area contributed by atoms with Crippen LogP contribution in [-0.4, -0.2) is 53.7 Å². The van der Waals surface area contributed by atoms with Crippen molar-refractivity contribution in [3.8, 4) is 11.5 Å². The SMILES string of the molecule is COc1ccc2c3c1OC1C(=O)C=C[C@@]4(O)[C@@H](C2)N(CC2CC2)CC[C@]314. The van der Waals surface area contributed by atoms with Gasteiger partial charge in [-0.25, -0.2) is 0 Å². The first kappa shape index (κ1) is 15.2. The quantitative estimate of drug-likeness (QED) is 0.895. The van der Waals surface area contributed by atoms with E-state index in [0.29, 0.717) is 11.5 Å². The molecule has 26 heavy (non-hydrogen) atoms. The van der Waals surface area contributed by atoms with Gasteiger partial charge in [0.1, 0.15) is 5.60 Å². The fourth-order valence-electron chi connectivity index (χ4n) is 6.01. The minimum absolute atomic E-state index is 0.000792. The van der Waals surface area contributed by atoms with Crippen molar-refractivity contribution in [2.24, 2.45) is 5.92 Å². The average Bonchev–Trinajstić information content (AvgIpc) is 3.37. The Morgan fingerprint density at radius 1 is 1.38 bits per heavy atom. The second-order valence-corrected chi connectivity index (χ2v) is 8.57. The van der Waals surface area contributed by atoms with Crippen molar-refractivity contribution in [1.82, 2.24) is 4.90 Å². The molecule has 1 saturated heterocycles. The summed E-state index contributed by atoms with van der Waals surface area (Å²) in [5.41, 5.74) is 0.468. The van der Waals surface area contributed by atoms with Crippen LogP contribution in [0.3, 0.4) is 0 Å². The fourth-order valence-corrected chi connectivity index (χ4v) is 6.01. The first-order valence-electron chi connectivity index (χ1n) is 9.65. The molecular weight excluding hydrogens is 330 g/mol. The minimum Gasteiger partial charge on any atom is -0.493 e. The summed E-state index contributed by atoms with van der Waals surface area (Å²) in [5.74, 6) is 2.04. The molecule has 3 aliphatic carbocycles. The topological polar surface area (TPSA) is 59.0 Å². The molecule has 5 nitrogen and oxygen atoms in total. The number of benzene rings is 1. The van der Waals surface area contributed by atoms with E-state index in [9.17, 15) is 9.90 Å². The molecule has 136 valence electrons. The smallest absolute Gasteiger partial charge is 0.196 e. The van der Waals surface area contributed by atoms with Crippen LogP contribution in [0.25, 0.3) is 0 Å². The summed E-state index contributed by atoms with van der Waals surface area (Å²) in [4.78, 5) is 15.2. The Hall–Kier alpha value is -1.85. The van der Waals surface area contributed by atoms with Crippen LogP contribution in [0, 0.1) is 5.92 Å². The molecule has 5 aliphatic rings. The predicted octanol–water partition coefficient (Wildman–Crippen LogP) is 1.60. The number of ether oxygens (including phenoxy) is 2. The number of hydrogen-bond donors (Lipinski definition) is 1. The maximum Gasteiger partial charge on any atom is 0.196 e. The Morgan fingerprint density at radius 2 is 2.23 bits per heavy atom. The van der Waals surface area contributed by atoms with Crippen molar-refractivity contribution >= 4 is 5.78 Å². The Morgan fingerprint density at radius 3 is 3.00 bits per heavy atom. The molecule has 2 bridgehead atoms. The van der Waals surface area contributed by atoms with E-state index in [1.165, 1.54) is 18.4 Å². The molecule has 1 aromatic carbocycles. The molecule has 1 aromatic rings. The van der Waals surface area contributed by atoms with Crippen LogP contribution in [0.5, 0.6) is 11.5 Å². The number of methoxy groups -OCH3 is 1. The third kappa shape index (κ3) is 1.58. The summed E-state index contributed by atoms with van der Waals surface area (Å²) in [7, 11) is 1.62. The van der Waals surface area contributed by atoms with Gasteiger partial charge < -0.3 is 14.6 Å². The predicted molar refractivity (Wildman–Crippen MR) is 94.6 cm³/mol. The summed E-state index contributed by atoms with van der Waals surface area (Å²) in [5, 5.41) is 12.0. The molecule has 1 unspecified atom stereocenters. The van der Waals surface area contributed by atoms with Gasteiger partial charge in [-0.3, -0.25) is 9.69 Å². The van der Waals surface area contributed by atoms with Gasteiger partial charge >= 0.3 is 0 Å². The van der Waals surface area contributed by atoms with Crippen molar-refractivity contribution in [1.29, 1.82) is 0 Å². The van der Waals surface area contributed by atoms with E-state index in [4.69, 9.17) is 9.47 Å². The highest BCUT2D eigenvalue weighted by Crippen LogP contribution is 2.63. The summed E-state index contributed by atoms with van der Waals surface area (Å²) in [6.45, 7) is 1.95. The van der Waals surface area contributed by atoms with E-state index in [0.717, 1.165) is 37.4 Å². The molecule has 4 atom stereocenters. The van der Waals surface area contributed by atoms with Crippen LogP contribution >= 0.6 is 0 Å². The highest BCUT2D eigenvalue weighted by Gasteiger charge is 2.72. The highest BCUT2D eigenvalue weighted by molar-refractivity contribution is 5.99. The minimum atomic E-state index is -1.07. The van der Waals surface area contributed by atoms with Gasteiger partial charge in [0.15, 0.2) is 23.4 Å². The van der Waals surface area contributed by atoms with Crippen LogP contribution in [0.4, 0.5) is 0 Å². The third-order valence-corrected chi connectivity index (χ3v) is 7.38. The number of ketones is 1. The average molecular weight is 353 g/mol. The van der Waals surface area contributed by atoms with Crippen LogP contribution in [0.2, 0.25) is 0 Å². The fraction of sp³-hybridized carbons (Fsp3) is 0.571. The lowest BCUT2D eigenvalue weighted by Gasteiger charge is -2.60. The number of likely N-dealkylation sites (tertiary alicyclic amines) is 1. The molecule has 1 spiro atoms. The number of carbonyl (C=O) groups excluding carboxylic acids is 1. The normalized spacial score (nSPS) is 39.5. The van der Waals surface area contributed by atoms with Crippen molar-refractivity contribution < 1.29 is 19.4 Å². The molecule has 2 aliphatic heterocycles. The molecule has 2 fully saturated rings. The van der Waals surface area contributed by atoms with E-state index in [1.807, 2.05) is 6.07 Å². The first-order valence-corrected chi connectivity index (χ1v) is 9.65. The monoisotopic (exact) mass is 353 g/mol. The van der Waals surface area contributed by atoms with Crippen molar-refractivity contribution in [3.63, 3.8) is 0 Å². The number of nitrogens with zero attached hydrogens (tertiary/aromatic N) is 1. The Balaban J connectivity index is 1.59. The third-order valence-electron chi connectivity index (χ3n) is 7.38. The number of aliphatic hydroxyl groups is 1. The molecule has 1 saturated carbocycles. The molecule has 0 amide bonds. The number of carbonyl (C=O) groups is 1. The zero-order valence-corrected chi connectivity index (χ0v) is 14.9. The van der Waals surface area contributed by atoms with Gasteiger partial charge in [0.25, 0.3) is 0 Å². The Kier molecular flexibility index (Phi) is 2.75. The van der Waals surface area contributed by atoms with Crippen LogP contribution < -0.4 is 9.47 Å². The number of piperidine rings is 1. The van der Waals surface area contributed by atoms with E-state index in [2.05, 4.69) is 11.0 Å². The Labute approximate surface area is 152 Å². The molecule has 1 N–H and O–H groups in total. The van der Waals surface area contributed by atoms with Crippen molar-refractivity contribution in [2.45, 2.75) is 48.8 Å². The summed E-state index contributed by atoms with van der Waals surface area (Å²) >= 11 is 0. The lowest BCUT2D eigenvalue weighted by molar-refractivity contribution is -0.155. The van der Waals surface area contributed by atoms with E-state index in [1.54, 1.807) is 19.3 Å². The second kappa shape index (κ2) is 4.70. The maximum atomic E-state index is 12.8. The van der Waals surface area contributed by atoms with Gasteiger partial charge in [0.05, 0.1) is 12.5 Å². The van der Waals surface area contributed by atoms with Crippen molar-refractivity contribution in [3.05, 3.63) is 35.4 Å². The molecule has 2 heterocycles. The molecule has 0 radical (unpaired) electrons. The maximum absolute atomic E-state index is 12.8. The van der Waals surface area contributed by atoms with Crippen LogP contribution in [0.1, 0.15) is 30.4 Å². The van der Waals surface area contributed by atoms with Gasteiger partial charge in [0.2, 0.25) is 0 Å². The summed E-state index contributed by atoms with van der Waals surface area (Å²) in [6.07, 6.45) is 6.78. The van der Waals surface area contributed by atoms with Gasteiger partial charge in [-0.05, 0) is 61.9 Å². The largest absolute Gasteiger partial charge is 0.493 e. The van der Waals surface area contributed by atoms with Gasteiger partial charge in [-0.15, -0.1) is 0 Å². The summed E-state index contributed by atoms with van der Waals surface area (Å²) < 4.78 is 11.7. The zero-order chi connectivity index (χ0) is 17.7. The highest BCUT2D eigenvalue weighted by atomic mass is 16.5.